The van der Waals surface area contributed by atoms with Gasteiger partial charge in [0, 0.05) is 16.8 Å². The number of hydrogen-bond donors (Lipinski definition) is 0. The molecule has 176 valence electrons. The molecule has 2 aromatic carbocycles. The number of ketones is 1. The fourth-order valence-electron chi connectivity index (χ4n) is 4.16. The van der Waals surface area contributed by atoms with Crippen LogP contribution >= 0.6 is 11.3 Å². The van der Waals surface area contributed by atoms with Gasteiger partial charge in [-0.3, -0.25) is 14.2 Å². The first kappa shape index (κ1) is 23.5. The first-order valence-corrected chi connectivity index (χ1v) is 11.7. The van der Waals surface area contributed by atoms with Crippen LogP contribution in [0.25, 0.3) is 6.08 Å². The largest absolute Gasteiger partial charge is 0.496 e. The van der Waals surface area contributed by atoms with Crippen molar-refractivity contribution in [1.82, 2.24) is 4.57 Å². The van der Waals surface area contributed by atoms with E-state index in [0.717, 1.165) is 11.1 Å². The van der Waals surface area contributed by atoms with Crippen molar-refractivity contribution in [1.29, 1.82) is 0 Å². The zero-order chi connectivity index (χ0) is 24.4. The van der Waals surface area contributed by atoms with Gasteiger partial charge in [0.25, 0.3) is 5.56 Å². The van der Waals surface area contributed by atoms with Crippen molar-refractivity contribution < 1.29 is 19.0 Å². The third kappa shape index (κ3) is 4.17. The summed E-state index contributed by atoms with van der Waals surface area (Å²) in [5.41, 5.74) is 2.38. The molecule has 0 saturated heterocycles. The van der Waals surface area contributed by atoms with E-state index in [9.17, 15) is 9.59 Å². The van der Waals surface area contributed by atoms with E-state index >= 15 is 0 Å². The lowest BCUT2D eigenvalue weighted by Gasteiger charge is -2.25. The quantitative estimate of drug-likeness (QED) is 0.521. The number of methoxy groups -OCH3 is 2. The molecule has 7 nitrogen and oxygen atoms in total. The minimum atomic E-state index is -0.623. The maximum Gasteiger partial charge on any atom is 0.271 e. The van der Waals surface area contributed by atoms with Gasteiger partial charge in [0.05, 0.1) is 31.4 Å². The number of fused-ring (bicyclic) bond motifs is 1. The molecule has 2 heterocycles. The van der Waals surface area contributed by atoms with Crippen molar-refractivity contribution in [2.45, 2.75) is 26.8 Å². The first-order chi connectivity index (χ1) is 16.4. The van der Waals surface area contributed by atoms with Crippen molar-refractivity contribution in [3.8, 4) is 17.2 Å². The number of ether oxygens (including phenoxy) is 3. The lowest BCUT2D eigenvalue weighted by atomic mass is 9.93. The summed E-state index contributed by atoms with van der Waals surface area (Å²) in [7, 11) is 3.15. The highest BCUT2D eigenvalue weighted by atomic mass is 32.1. The second kappa shape index (κ2) is 9.69. The number of hydrogen-bond acceptors (Lipinski definition) is 7. The summed E-state index contributed by atoms with van der Waals surface area (Å²) >= 11 is 1.28. The lowest BCUT2D eigenvalue weighted by Crippen LogP contribution is -2.39. The SMILES string of the molecule is CCOc1ccc(/C=c2/sc3n(c2=O)[C@H](c2ccccc2OC)C(C(C)=O)=C(C)N=3)cc1OC. The maximum atomic E-state index is 13.7. The van der Waals surface area contributed by atoms with E-state index in [1.807, 2.05) is 49.4 Å². The van der Waals surface area contributed by atoms with E-state index in [-0.39, 0.29) is 11.3 Å². The molecule has 4 rings (SSSR count). The number of carbonyl (C=O) groups excluding carboxylic acids is 1. The molecule has 0 aliphatic carbocycles. The molecule has 0 bridgehead atoms. The summed E-state index contributed by atoms with van der Waals surface area (Å²) in [6.07, 6.45) is 1.80. The van der Waals surface area contributed by atoms with Crippen LogP contribution in [0.3, 0.4) is 0 Å². The molecule has 0 spiro atoms. The van der Waals surface area contributed by atoms with E-state index in [4.69, 9.17) is 14.2 Å². The highest BCUT2D eigenvalue weighted by Crippen LogP contribution is 2.35. The zero-order valence-corrected chi connectivity index (χ0v) is 20.6. The van der Waals surface area contributed by atoms with E-state index in [0.29, 0.717) is 44.5 Å². The number of benzene rings is 2. The average molecular weight is 479 g/mol. The molecule has 0 radical (unpaired) electrons. The van der Waals surface area contributed by atoms with Crippen LogP contribution < -0.4 is 29.1 Å². The molecular weight excluding hydrogens is 452 g/mol. The summed E-state index contributed by atoms with van der Waals surface area (Å²) < 4.78 is 18.7. The van der Waals surface area contributed by atoms with Gasteiger partial charge in [0.15, 0.2) is 22.1 Å². The molecule has 0 amide bonds. The molecule has 1 atom stereocenters. The zero-order valence-electron chi connectivity index (χ0n) is 19.7. The van der Waals surface area contributed by atoms with E-state index in [1.165, 1.54) is 18.3 Å². The fourth-order valence-corrected chi connectivity index (χ4v) is 5.20. The topological polar surface area (TPSA) is 79.1 Å². The number of allylic oxidation sites excluding steroid dienone is 2. The van der Waals surface area contributed by atoms with Crippen molar-refractivity contribution in [2.75, 3.05) is 20.8 Å². The van der Waals surface area contributed by atoms with Gasteiger partial charge in [-0.25, -0.2) is 4.99 Å². The Labute approximate surface area is 201 Å². The fraction of sp³-hybridized carbons (Fsp3) is 0.269. The van der Waals surface area contributed by atoms with Gasteiger partial charge in [-0.05, 0) is 50.6 Å². The Morgan fingerprint density at radius 1 is 1.12 bits per heavy atom. The maximum absolute atomic E-state index is 13.7. The summed E-state index contributed by atoms with van der Waals surface area (Å²) in [5, 5.41) is 0. The highest BCUT2D eigenvalue weighted by Gasteiger charge is 2.32. The van der Waals surface area contributed by atoms with Crippen LogP contribution in [0.4, 0.5) is 0 Å². The smallest absolute Gasteiger partial charge is 0.271 e. The number of carbonyl (C=O) groups is 1. The molecule has 34 heavy (non-hydrogen) atoms. The normalized spacial score (nSPS) is 15.6. The standard InChI is InChI=1S/C26H26N2O5S/c1-6-33-20-12-11-17(13-21(20)32-5)14-22-25(30)28-24(18-9-7-8-10-19(18)31-4)23(16(3)29)15(2)27-26(28)34-22/h7-14,24H,6H2,1-5H3/b22-14+/t24-/m1/s1. The minimum absolute atomic E-state index is 0.136. The van der Waals surface area contributed by atoms with Crippen LogP contribution in [0.5, 0.6) is 17.2 Å². The van der Waals surface area contributed by atoms with Crippen LogP contribution in [0.1, 0.15) is 37.9 Å². The molecular formula is C26H26N2O5S. The molecule has 1 aromatic heterocycles. The van der Waals surface area contributed by atoms with E-state index in [2.05, 4.69) is 4.99 Å². The van der Waals surface area contributed by atoms with Crippen LogP contribution in [0, 0.1) is 0 Å². The Hall–Kier alpha value is -3.65. The lowest BCUT2D eigenvalue weighted by molar-refractivity contribution is -0.114. The van der Waals surface area contributed by atoms with Gasteiger partial charge in [0.1, 0.15) is 5.75 Å². The van der Waals surface area contributed by atoms with Gasteiger partial charge < -0.3 is 14.2 Å². The highest BCUT2D eigenvalue weighted by molar-refractivity contribution is 7.07. The van der Waals surface area contributed by atoms with Gasteiger partial charge in [-0.2, -0.15) is 0 Å². The minimum Gasteiger partial charge on any atom is -0.496 e. The molecule has 1 aliphatic rings. The second-order valence-electron chi connectivity index (χ2n) is 7.72. The van der Waals surface area contributed by atoms with Crippen LogP contribution in [0.2, 0.25) is 0 Å². The monoisotopic (exact) mass is 478 g/mol. The average Bonchev–Trinajstić information content (AvgIpc) is 3.13. The van der Waals surface area contributed by atoms with E-state index in [1.54, 1.807) is 31.8 Å². The molecule has 8 heteroatoms. The van der Waals surface area contributed by atoms with Gasteiger partial charge in [0.2, 0.25) is 0 Å². The number of para-hydroxylation sites is 1. The predicted molar refractivity (Wildman–Crippen MR) is 132 cm³/mol. The molecule has 0 unspecified atom stereocenters. The van der Waals surface area contributed by atoms with E-state index < -0.39 is 6.04 Å². The summed E-state index contributed by atoms with van der Waals surface area (Å²) in [5.74, 6) is 1.70. The third-order valence-electron chi connectivity index (χ3n) is 5.62. The molecule has 0 fully saturated rings. The Balaban J connectivity index is 1.93. The van der Waals surface area contributed by atoms with Crippen LogP contribution in [0.15, 0.2) is 63.5 Å². The molecule has 1 aliphatic heterocycles. The molecule has 3 aromatic rings. The number of Topliss-reactive ketones (excluding diaryl/α,β-unsaturated/α-hetero) is 1. The summed E-state index contributed by atoms with van der Waals surface area (Å²) in [6.45, 7) is 5.73. The number of nitrogens with zero attached hydrogens (tertiary/aromatic N) is 2. The van der Waals surface area contributed by atoms with Crippen molar-refractivity contribution in [2.24, 2.45) is 4.99 Å². The Morgan fingerprint density at radius 2 is 1.85 bits per heavy atom. The van der Waals surface area contributed by atoms with Crippen molar-refractivity contribution in [3.63, 3.8) is 0 Å². The van der Waals surface area contributed by atoms with Gasteiger partial charge in [-0.15, -0.1) is 0 Å². The van der Waals surface area contributed by atoms with Gasteiger partial charge in [-0.1, -0.05) is 35.6 Å². The van der Waals surface area contributed by atoms with Crippen molar-refractivity contribution >= 4 is 23.2 Å². The summed E-state index contributed by atoms with van der Waals surface area (Å²) in [4.78, 5) is 31.5. The first-order valence-electron chi connectivity index (χ1n) is 10.9. The summed E-state index contributed by atoms with van der Waals surface area (Å²) in [6, 6.07) is 12.3. The van der Waals surface area contributed by atoms with Gasteiger partial charge >= 0.3 is 0 Å². The predicted octanol–water partition coefficient (Wildman–Crippen LogP) is 3.24. The molecule has 0 N–H and O–H groups in total. The number of rotatable bonds is 7. The Morgan fingerprint density at radius 3 is 2.53 bits per heavy atom. The second-order valence-corrected chi connectivity index (χ2v) is 8.73. The van der Waals surface area contributed by atoms with Crippen LogP contribution in [-0.2, 0) is 4.79 Å². The third-order valence-corrected chi connectivity index (χ3v) is 6.60. The number of thiazole rings is 1. The Bertz CT molecular complexity index is 1470. The molecule has 0 saturated carbocycles. The van der Waals surface area contributed by atoms with Crippen LogP contribution in [-0.4, -0.2) is 31.2 Å². The Kier molecular flexibility index (Phi) is 6.70. The van der Waals surface area contributed by atoms with Crippen molar-refractivity contribution in [3.05, 3.63) is 84.5 Å². The number of aromatic nitrogens is 1.